The number of benzene rings is 1. The van der Waals surface area contributed by atoms with Gasteiger partial charge in [0.1, 0.15) is 5.75 Å². The summed E-state index contributed by atoms with van der Waals surface area (Å²) < 4.78 is 5.31. The van der Waals surface area contributed by atoms with E-state index in [4.69, 9.17) is 4.74 Å². The first kappa shape index (κ1) is 11.1. The Hall–Kier alpha value is -2.04. The topological polar surface area (TPSA) is 58.6 Å². The van der Waals surface area contributed by atoms with E-state index >= 15 is 0 Å². The first-order chi connectivity index (χ1) is 8.65. The van der Waals surface area contributed by atoms with Crippen LogP contribution in [0.5, 0.6) is 5.75 Å². The molecule has 3 rings (SSSR count). The van der Waals surface area contributed by atoms with Crippen molar-refractivity contribution in [2.75, 3.05) is 18.6 Å². The number of carbonyl (C=O) groups is 2. The van der Waals surface area contributed by atoms with Gasteiger partial charge in [0.2, 0.25) is 0 Å². The highest BCUT2D eigenvalue weighted by atomic mass is 16.5. The molecule has 94 valence electrons. The van der Waals surface area contributed by atoms with Crippen LogP contribution in [0, 0.1) is 0 Å². The van der Waals surface area contributed by atoms with Crippen molar-refractivity contribution in [2.45, 2.75) is 18.9 Å². The van der Waals surface area contributed by atoms with Crippen LogP contribution in [0.15, 0.2) is 18.2 Å². The van der Waals surface area contributed by atoms with Crippen LogP contribution in [-0.4, -0.2) is 31.5 Å². The molecule has 0 bridgehead atoms. The van der Waals surface area contributed by atoms with Gasteiger partial charge in [0.25, 0.3) is 11.8 Å². The molecule has 1 aliphatic heterocycles. The SMILES string of the molecule is CN1C(=O)COc2ccc(C(=O)NC3CC3)cc21. The molecule has 5 heteroatoms. The van der Waals surface area contributed by atoms with Crippen molar-refractivity contribution in [2.24, 2.45) is 0 Å². The predicted octanol–water partition coefficient (Wildman–Crippen LogP) is 0.934. The zero-order valence-electron chi connectivity index (χ0n) is 10.1. The number of fused-ring (bicyclic) bond motifs is 1. The van der Waals surface area contributed by atoms with Crippen molar-refractivity contribution in [1.29, 1.82) is 0 Å². The lowest BCUT2D eigenvalue weighted by molar-refractivity contribution is -0.120. The summed E-state index contributed by atoms with van der Waals surface area (Å²) in [6, 6.07) is 5.48. The number of hydrogen-bond donors (Lipinski definition) is 1. The van der Waals surface area contributed by atoms with Gasteiger partial charge in [-0.3, -0.25) is 9.59 Å². The molecule has 1 heterocycles. The summed E-state index contributed by atoms with van der Waals surface area (Å²) in [6.45, 7) is 0.0527. The predicted molar refractivity (Wildman–Crippen MR) is 65.8 cm³/mol. The Labute approximate surface area is 105 Å². The second kappa shape index (κ2) is 4.01. The molecule has 1 saturated carbocycles. The fourth-order valence-electron chi connectivity index (χ4n) is 1.91. The summed E-state index contributed by atoms with van der Waals surface area (Å²) in [6.07, 6.45) is 2.11. The number of rotatable bonds is 2. The Bertz CT molecular complexity index is 523. The molecule has 1 aliphatic carbocycles. The molecular formula is C13H14N2O3. The van der Waals surface area contributed by atoms with Crippen molar-refractivity contribution in [1.82, 2.24) is 5.32 Å². The lowest BCUT2D eigenvalue weighted by Crippen LogP contribution is -2.35. The van der Waals surface area contributed by atoms with E-state index in [0.29, 0.717) is 23.0 Å². The van der Waals surface area contributed by atoms with Crippen LogP contribution in [0.1, 0.15) is 23.2 Å². The molecule has 0 unspecified atom stereocenters. The van der Waals surface area contributed by atoms with E-state index in [-0.39, 0.29) is 18.4 Å². The summed E-state index contributed by atoms with van der Waals surface area (Å²) in [5.41, 5.74) is 1.21. The van der Waals surface area contributed by atoms with Gasteiger partial charge in [-0.15, -0.1) is 0 Å². The summed E-state index contributed by atoms with van der Waals surface area (Å²) in [7, 11) is 1.69. The Morgan fingerprint density at radius 2 is 2.22 bits per heavy atom. The van der Waals surface area contributed by atoms with Gasteiger partial charge in [0.05, 0.1) is 5.69 Å². The molecule has 1 fully saturated rings. The molecule has 0 spiro atoms. The van der Waals surface area contributed by atoms with Crippen LogP contribution in [-0.2, 0) is 4.79 Å². The monoisotopic (exact) mass is 246 g/mol. The third kappa shape index (κ3) is 1.92. The van der Waals surface area contributed by atoms with Crippen molar-refractivity contribution in [3.8, 4) is 5.75 Å². The first-order valence-corrected chi connectivity index (χ1v) is 5.99. The van der Waals surface area contributed by atoms with E-state index in [1.165, 1.54) is 4.90 Å². The maximum atomic E-state index is 11.9. The minimum Gasteiger partial charge on any atom is -0.482 e. The quantitative estimate of drug-likeness (QED) is 0.844. The second-order valence-corrected chi connectivity index (χ2v) is 4.67. The number of amides is 2. The van der Waals surface area contributed by atoms with Crippen molar-refractivity contribution in [3.05, 3.63) is 23.8 Å². The molecule has 1 aromatic rings. The van der Waals surface area contributed by atoms with Gasteiger partial charge >= 0.3 is 0 Å². The molecule has 0 aromatic heterocycles. The van der Waals surface area contributed by atoms with Crippen LogP contribution >= 0.6 is 0 Å². The van der Waals surface area contributed by atoms with Crippen molar-refractivity contribution >= 4 is 17.5 Å². The van der Waals surface area contributed by atoms with Crippen LogP contribution in [0.3, 0.4) is 0 Å². The maximum Gasteiger partial charge on any atom is 0.264 e. The van der Waals surface area contributed by atoms with Gasteiger partial charge in [0, 0.05) is 18.7 Å². The zero-order valence-corrected chi connectivity index (χ0v) is 10.1. The van der Waals surface area contributed by atoms with Gasteiger partial charge < -0.3 is 15.0 Å². The third-order valence-corrected chi connectivity index (χ3v) is 3.22. The fourth-order valence-corrected chi connectivity index (χ4v) is 1.91. The van der Waals surface area contributed by atoms with Crippen LogP contribution in [0.2, 0.25) is 0 Å². The molecule has 0 radical (unpaired) electrons. The molecule has 18 heavy (non-hydrogen) atoms. The van der Waals surface area contributed by atoms with Crippen LogP contribution < -0.4 is 15.0 Å². The average Bonchev–Trinajstić information content (AvgIpc) is 3.17. The number of likely N-dealkylation sites (N-methyl/N-ethyl adjacent to an activating group) is 1. The van der Waals surface area contributed by atoms with E-state index in [0.717, 1.165) is 12.8 Å². The normalized spacial score (nSPS) is 18.1. The van der Waals surface area contributed by atoms with Gasteiger partial charge in [-0.1, -0.05) is 0 Å². The summed E-state index contributed by atoms with van der Waals surface area (Å²) in [5.74, 6) is 0.439. The van der Waals surface area contributed by atoms with Gasteiger partial charge in [0.15, 0.2) is 6.61 Å². The molecule has 0 saturated heterocycles. The lowest BCUT2D eigenvalue weighted by Gasteiger charge is -2.26. The van der Waals surface area contributed by atoms with Crippen LogP contribution in [0.25, 0.3) is 0 Å². The third-order valence-electron chi connectivity index (χ3n) is 3.22. The van der Waals surface area contributed by atoms with Crippen molar-refractivity contribution in [3.63, 3.8) is 0 Å². The molecule has 1 N–H and O–H groups in total. The molecule has 5 nitrogen and oxygen atoms in total. The van der Waals surface area contributed by atoms with Crippen molar-refractivity contribution < 1.29 is 14.3 Å². The Kier molecular flexibility index (Phi) is 2.47. The highest BCUT2D eigenvalue weighted by molar-refractivity contribution is 6.01. The van der Waals surface area contributed by atoms with Crippen LogP contribution in [0.4, 0.5) is 5.69 Å². The number of carbonyl (C=O) groups excluding carboxylic acids is 2. The Morgan fingerprint density at radius 3 is 2.94 bits per heavy atom. The maximum absolute atomic E-state index is 11.9. The standard InChI is InChI=1S/C13H14N2O3/c1-15-10-6-8(13(17)14-9-3-4-9)2-5-11(10)18-7-12(15)16/h2,5-6,9H,3-4,7H2,1H3,(H,14,17). The number of nitrogens with one attached hydrogen (secondary N) is 1. The summed E-state index contributed by atoms with van der Waals surface area (Å²) in [4.78, 5) is 25.0. The highest BCUT2D eigenvalue weighted by Crippen LogP contribution is 2.32. The van der Waals surface area contributed by atoms with E-state index < -0.39 is 0 Å². The summed E-state index contributed by atoms with van der Waals surface area (Å²) >= 11 is 0. The smallest absolute Gasteiger partial charge is 0.264 e. The van der Waals surface area contributed by atoms with Gasteiger partial charge in [-0.25, -0.2) is 0 Å². The fraction of sp³-hybridized carbons (Fsp3) is 0.385. The Morgan fingerprint density at radius 1 is 1.44 bits per heavy atom. The van der Waals surface area contributed by atoms with E-state index in [2.05, 4.69) is 5.32 Å². The zero-order chi connectivity index (χ0) is 12.7. The minimum absolute atomic E-state index is 0.0527. The number of anilines is 1. The number of nitrogens with zero attached hydrogens (tertiary/aromatic N) is 1. The highest BCUT2D eigenvalue weighted by Gasteiger charge is 2.26. The first-order valence-electron chi connectivity index (χ1n) is 5.99. The molecular weight excluding hydrogens is 232 g/mol. The minimum atomic E-state index is -0.109. The molecule has 2 aliphatic rings. The molecule has 2 amide bonds. The van der Waals surface area contributed by atoms with E-state index in [1.54, 1.807) is 25.2 Å². The molecule has 1 aromatic carbocycles. The van der Waals surface area contributed by atoms with Gasteiger partial charge in [-0.2, -0.15) is 0 Å². The van der Waals surface area contributed by atoms with E-state index in [9.17, 15) is 9.59 Å². The largest absolute Gasteiger partial charge is 0.482 e. The van der Waals surface area contributed by atoms with E-state index in [1.807, 2.05) is 0 Å². The second-order valence-electron chi connectivity index (χ2n) is 4.67. The van der Waals surface area contributed by atoms with Gasteiger partial charge in [-0.05, 0) is 31.0 Å². The average molecular weight is 246 g/mol. The molecule has 0 atom stereocenters. The Balaban J connectivity index is 1.89. The number of hydrogen-bond acceptors (Lipinski definition) is 3. The lowest BCUT2D eigenvalue weighted by atomic mass is 10.1. The summed E-state index contributed by atoms with van der Waals surface area (Å²) in [5, 5.41) is 2.92. The number of ether oxygens (including phenoxy) is 1.